The number of aryl methyl sites for hydroxylation is 1. The van der Waals surface area contributed by atoms with Gasteiger partial charge >= 0.3 is 0 Å². The van der Waals surface area contributed by atoms with Crippen molar-refractivity contribution in [3.63, 3.8) is 0 Å². The van der Waals surface area contributed by atoms with Crippen LogP contribution in [0.1, 0.15) is 34.2 Å². The van der Waals surface area contributed by atoms with Crippen LogP contribution in [0.15, 0.2) is 5.51 Å². The third-order valence-electron chi connectivity index (χ3n) is 2.05. The second-order valence-electron chi connectivity index (χ2n) is 3.23. The molecule has 0 aliphatic rings. The van der Waals surface area contributed by atoms with E-state index >= 15 is 0 Å². The molecule has 0 radical (unpaired) electrons. The van der Waals surface area contributed by atoms with E-state index in [1.807, 2.05) is 0 Å². The molecule has 2 aromatic heterocycles. The zero-order valence-corrected chi connectivity index (χ0v) is 9.58. The van der Waals surface area contributed by atoms with Gasteiger partial charge in [-0.05, 0) is 13.8 Å². The molecule has 0 fully saturated rings. The summed E-state index contributed by atoms with van der Waals surface area (Å²) >= 11 is 1.31. The number of aromatic nitrogens is 5. The molecule has 2 aromatic rings. The minimum absolute atomic E-state index is 0.169. The van der Waals surface area contributed by atoms with Crippen LogP contribution < -0.4 is 5.32 Å². The normalized spacial score (nSPS) is 12.4. The van der Waals surface area contributed by atoms with Gasteiger partial charge in [-0.15, -0.1) is 21.5 Å². The monoisotopic (exact) mass is 238 g/mol. The maximum absolute atomic E-state index is 11.8. The van der Waals surface area contributed by atoms with Crippen molar-refractivity contribution in [2.45, 2.75) is 19.9 Å². The van der Waals surface area contributed by atoms with Crippen LogP contribution in [0.4, 0.5) is 0 Å². The second kappa shape index (κ2) is 4.35. The molecule has 0 aliphatic carbocycles. The molecule has 0 aliphatic heterocycles. The fourth-order valence-electron chi connectivity index (χ4n) is 1.20. The summed E-state index contributed by atoms with van der Waals surface area (Å²) in [6.45, 7) is 3.59. The van der Waals surface area contributed by atoms with E-state index in [1.165, 1.54) is 11.3 Å². The number of hydrogen-bond donors (Lipinski definition) is 2. The van der Waals surface area contributed by atoms with Crippen LogP contribution in [0.3, 0.4) is 0 Å². The Morgan fingerprint density at radius 3 is 3.00 bits per heavy atom. The SMILES string of the molecule is Cc1ncsc1C(=O)NC(C)c1nn[nH]n1. The number of nitrogens with one attached hydrogen (secondary N) is 2. The lowest BCUT2D eigenvalue weighted by Crippen LogP contribution is -2.27. The first-order valence-corrected chi connectivity index (χ1v) is 5.50. The van der Waals surface area contributed by atoms with Crippen molar-refractivity contribution in [3.05, 3.63) is 21.9 Å². The van der Waals surface area contributed by atoms with E-state index in [0.717, 1.165) is 5.69 Å². The van der Waals surface area contributed by atoms with Crippen LogP contribution in [0.25, 0.3) is 0 Å². The van der Waals surface area contributed by atoms with Crippen molar-refractivity contribution >= 4 is 17.2 Å². The molecule has 2 rings (SSSR count). The number of tetrazole rings is 1. The standard InChI is InChI=1S/C8H10N6OS/c1-4-6(16-3-9-4)8(15)10-5(2)7-11-13-14-12-7/h3,5H,1-2H3,(H,10,15)(H,11,12,13,14). The maximum Gasteiger partial charge on any atom is 0.263 e. The Kier molecular flexibility index (Phi) is 2.91. The highest BCUT2D eigenvalue weighted by Gasteiger charge is 2.17. The predicted octanol–water partition coefficient (Wildman–Crippen LogP) is 0.456. The Labute approximate surface area is 95.3 Å². The summed E-state index contributed by atoms with van der Waals surface area (Å²) in [6.07, 6.45) is 0. The molecule has 2 heterocycles. The lowest BCUT2D eigenvalue weighted by atomic mass is 10.3. The fraction of sp³-hybridized carbons (Fsp3) is 0.375. The fourth-order valence-corrected chi connectivity index (χ4v) is 1.90. The van der Waals surface area contributed by atoms with Crippen LogP contribution in [0, 0.1) is 6.92 Å². The van der Waals surface area contributed by atoms with Crippen LogP contribution in [-0.4, -0.2) is 31.5 Å². The van der Waals surface area contributed by atoms with Gasteiger partial charge in [-0.1, -0.05) is 5.21 Å². The molecule has 16 heavy (non-hydrogen) atoms. The van der Waals surface area contributed by atoms with Gasteiger partial charge in [0.2, 0.25) is 0 Å². The van der Waals surface area contributed by atoms with Gasteiger partial charge in [0, 0.05) is 0 Å². The second-order valence-corrected chi connectivity index (χ2v) is 4.09. The summed E-state index contributed by atoms with van der Waals surface area (Å²) in [4.78, 5) is 16.4. The highest BCUT2D eigenvalue weighted by molar-refractivity contribution is 7.11. The van der Waals surface area contributed by atoms with Crippen molar-refractivity contribution in [1.29, 1.82) is 0 Å². The Hall–Kier alpha value is -1.83. The predicted molar refractivity (Wildman–Crippen MR) is 56.9 cm³/mol. The number of aromatic amines is 1. The van der Waals surface area contributed by atoms with Gasteiger partial charge in [-0.3, -0.25) is 4.79 Å². The molecule has 1 unspecified atom stereocenters. The first-order chi connectivity index (χ1) is 7.68. The van der Waals surface area contributed by atoms with Gasteiger partial charge in [0.25, 0.3) is 5.91 Å². The molecule has 2 N–H and O–H groups in total. The Morgan fingerprint density at radius 2 is 2.44 bits per heavy atom. The number of rotatable bonds is 3. The number of H-pyrrole nitrogens is 1. The molecule has 84 valence electrons. The van der Waals surface area contributed by atoms with E-state index in [1.54, 1.807) is 19.4 Å². The van der Waals surface area contributed by atoms with Gasteiger partial charge in [0.05, 0.1) is 17.2 Å². The largest absolute Gasteiger partial charge is 0.341 e. The minimum Gasteiger partial charge on any atom is -0.341 e. The van der Waals surface area contributed by atoms with E-state index in [2.05, 4.69) is 30.9 Å². The molecule has 0 aromatic carbocycles. The van der Waals surface area contributed by atoms with E-state index in [0.29, 0.717) is 10.7 Å². The molecule has 0 saturated carbocycles. The highest BCUT2D eigenvalue weighted by Crippen LogP contribution is 2.13. The molecule has 0 spiro atoms. The smallest absolute Gasteiger partial charge is 0.263 e. The van der Waals surface area contributed by atoms with Gasteiger partial charge in [0.1, 0.15) is 4.88 Å². The average Bonchev–Trinajstić information content (AvgIpc) is 2.86. The van der Waals surface area contributed by atoms with Gasteiger partial charge in [0.15, 0.2) is 5.82 Å². The first kappa shape index (κ1) is 10.7. The van der Waals surface area contributed by atoms with Gasteiger partial charge in [-0.2, -0.15) is 5.21 Å². The van der Waals surface area contributed by atoms with Crippen molar-refractivity contribution in [1.82, 2.24) is 30.9 Å². The summed E-state index contributed by atoms with van der Waals surface area (Å²) in [5.41, 5.74) is 2.37. The Bertz CT molecular complexity index is 478. The number of amides is 1. The van der Waals surface area contributed by atoms with Crippen LogP contribution >= 0.6 is 11.3 Å². The summed E-state index contributed by atoms with van der Waals surface area (Å²) in [6, 6.07) is -0.284. The lowest BCUT2D eigenvalue weighted by molar-refractivity contribution is 0.0941. The maximum atomic E-state index is 11.8. The van der Waals surface area contributed by atoms with Crippen molar-refractivity contribution in [3.8, 4) is 0 Å². The number of nitrogens with zero attached hydrogens (tertiary/aromatic N) is 4. The number of carbonyl (C=O) groups is 1. The van der Waals surface area contributed by atoms with Crippen molar-refractivity contribution in [2.75, 3.05) is 0 Å². The van der Waals surface area contributed by atoms with E-state index in [4.69, 9.17) is 0 Å². The Balaban J connectivity index is 2.06. The summed E-state index contributed by atoms with van der Waals surface area (Å²) in [5.74, 6) is 0.285. The molecule has 7 nitrogen and oxygen atoms in total. The quantitative estimate of drug-likeness (QED) is 0.809. The van der Waals surface area contributed by atoms with Crippen molar-refractivity contribution in [2.24, 2.45) is 0 Å². The Morgan fingerprint density at radius 1 is 1.62 bits per heavy atom. The molecule has 0 saturated heterocycles. The lowest BCUT2D eigenvalue weighted by Gasteiger charge is -2.08. The molecule has 1 atom stereocenters. The van der Waals surface area contributed by atoms with Crippen LogP contribution in [0.5, 0.6) is 0 Å². The number of hydrogen-bond acceptors (Lipinski definition) is 6. The third kappa shape index (κ3) is 2.06. The van der Waals surface area contributed by atoms with Gasteiger partial charge in [-0.25, -0.2) is 4.98 Å². The van der Waals surface area contributed by atoms with Crippen molar-refractivity contribution < 1.29 is 4.79 Å². The zero-order chi connectivity index (χ0) is 11.5. The zero-order valence-electron chi connectivity index (χ0n) is 8.76. The van der Waals surface area contributed by atoms with E-state index in [-0.39, 0.29) is 11.9 Å². The third-order valence-corrected chi connectivity index (χ3v) is 2.98. The topological polar surface area (TPSA) is 96.5 Å². The first-order valence-electron chi connectivity index (χ1n) is 4.62. The minimum atomic E-state index is -0.284. The molecular weight excluding hydrogens is 228 g/mol. The van der Waals surface area contributed by atoms with Crippen LogP contribution in [0.2, 0.25) is 0 Å². The summed E-state index contributed by atoms with van der Waals surface area (Å²) < 4.78 is 0. The van der Waals surface area contributed by atoms with Crippen LogP contribution in [-0.2, 0) is 0 Å². The summed E-state index contributed by atoms with van der Waals surface area (Å²) in [7, 11) is 0. The molecule has 8 heteroatoms. The average molecular weight is 238 g/mol. The molecular formula is C8H10N6OS. The van der Waals surface area contributed by atoms with E-state index in [9.17, 15) is 4.79 Å². The highest BCUT2D eigenvalue weighted by atomic mass is 32.1. The van der Waals surface area contributed by atoms with Gasteiger partial charge < -0.3 is 5.32 Å². The number of thiazole rings is 1. The number of carbonyl (C=O) groups excluding carboxylic acids is 1. The van der Waals surface area contributed by atoms with E-state index < -0.39 is 0 Å². The molecule has 1 amide bonds. The molecule has 0 bridgehead atoms. The summed E-state index contributed by atoms with van der Waals surface area (Å²) in [5, 5.41) is 16.1.